The second kappa shape index (κ2) is 8.76. The number of nitrogens with zero attached hydrogens (tertiary/aromatic N) is 2. The number of aromatic nitrogens is 2. The minimum absolute atomic E-state index is 0.333. The molecule has 0 radical (unpaired) electrons. The van der Waals surface area contributed by atoms with Crippen molar-refractivity contribution in [3.05, 3.63) is 59.2 Å². The summed E-state index contributed by atoms with van der Waals surface area (Å²) in [5, 5.41) is 4.21. The van der Waals surface area contributed by atoms with Crippen LogP contribution in [0.25, 0.3) is 21.3 Å². The van der Waals surface area contributed by atoms with Gasteiger partial charge in [-0.1, -0.05) is 18.2 Å². The van der Waals surface area contributed by atoms with Gasteiger partial charge in [-0.05, 0) is 31.2 Å². The quantitative estimate of drug-likeness (QED) is 0.419. The Kier molecular flexibility index (Phi) is 6.03. The molecule has 0 amide bonds. The van der Waals surface area contributed by atoms with Crippen LogP contribution in [0.1, 0.15) is 10.7 Å². The van der Waals surface area contributed by atoms with Crippen LogP contribution in [0.2, 0.25) is 0 Å². The Morgan fingerprint density at radius 1 is 1.00 bits per heavy atom. The molecule has 166 valence electrons. The molecular formula is C23H23N3O4S2. The molecule has 0 saturated carbocycles. The third kappa shape index (κ3) is 4.39. The van der Waals surface area contributed by atoms with Gasteiger partial charge in [0.05, 0.1) is 31.2 Å². The van der Waals surface area contributed by atoms with Crippen molar-refractivity contribution >= 4 is 37.9 Å². The molecule has 4 aromatic rings. The number of sulfone groups is 1. The highest BCUT2D eigenvalue weighted by atomic mass is 32.2. The van der Waals surface area contributed by atoms with E-state index in [1.165, 1.54) is 6.26 Å². The van der Waals surface area contributed by atoms with Crippen LogP contribution >= 0.6 is 11.3 Å². The molecule has 2 aromatic heterocycles. The Morgan fingerprint density at radius 3 is 2.44 bits per heavy atom. The molecule has 0 saturated heterocycles. The van der Waals surface area contributed by atoms with Gasteiger partial charge in [-0.3, -0.25) is 0 Å². The second-order valence-corrected chi connectivity index (χ2v) is 10.4. The number of ether oxygens (including phenoxy) is 2. The zero-order valence-electron chi connectivity index (χ0n) is 18.2. The first-order valence-electron chi connectivity index (χ1n) is 9.82. The van der Waals surface area contributed by atoms with Crippen molar-refractivity contribution in [3.63, 3.8) is 0 Å². The van der Waals surface area contributed by atoms with Crippen molar-refractivity contribution in [2.45, 2.75) is 18.4 Å². The number of aryl methyl sites for hydroxylation is 1. The molecule has 0 atom stereocenters. The highest BCUT2D eigenvalue weighted by Crippen LogP contribution is 2.35. The topological polar surface area (TPSA) is 90.4 Å². The summed E-state index contributed by atoms with van der Waals surface area (Å²) in [5.74, 6) is 2.55. The number of benzene rings is 2. The Balaban J connectivity index is 1.64. The van der Waals surface area contributed by atoms with Gasteiger partial charge in [0.1, 0.15) is 11.6 Å². The lowest BCUT2D eigenvalue weighted by molar-refractivity contribution is 0.356. The molecule has 7 nitrogen and oxygen atoms in total. The van der Waals surface area contributed by atoms with Crippen LogP contribution < -0.4 is 14.8 Å². The standard InChI is InChI=1S/C23H23N3O4S2/c1-14-25-18-12-20(30-3)19(29-2)11-17(18)23(26-14)24-13-15-9-10-21(31-15)16-7-5-6-8-22(16)32(4,27)28/h5-12H,13H2,1-4H3,(H,24,25,26). The maximum Gasteiger partial charge on any atom is 0.176 e. The van der Waals surface area contributed by atoms with Gasteiger partial charge in [-0.25, -0.2) is 18.4 Å². The molecule has 9 heteroatoms. The summed E-state index contributed by atoms with van der Waals surface area (Å²) in [7, 11) is -0.136. The number of thiophene rings is 1. The molecule has 32 heavy (non-hydrogen) atoms. The van der Waals surface area contributed by atoms with Crippen molar-refractivity contribution in [3.8, 4) is 21.9 Å². The molecule has 1 N–H and O–H groups in total. The maximum absolute atomic E-state index is 12.2. The van der Waals surface area contributed by atoms with Crippen molar-refractivity contribution < 1.29 is 17.9 Å². The van der Waals surface area contributed by atoms with Gasteiger partial charge in [0.15, 0.2) is 21.3 Å². The molecule has 2 heterocycles. The summed E-state index contributed by atoms with van der Waals surface area (Å²) in [5.41, 5.74) is 1.47. The average Bonchev–Trinajstić information content (AvgIpc) is 3.24. The van der Waals surface area contributed by atoms with E-state index in [1.54, 1.807) is 37.7 Å². The Morgan fingerprint density at radius 2 is 1.72 bits per heavy atom. The van der Waals surface area contributed by atoms with Crippen LogP contribution in [0.4, 0.5) is 5.82 Å². The largest absolute Gasteiger partial charge is 0.493 e. The fourth-order valence-electron chi connectivity index (χ4n) is 3.49. The van der Waals surface area contributed by atoms with Crippen molar-refractivity contribution in [2.24, 2.45) is 0 Å². The van der Waals surface area contributed by atoms with Gasteiger partial charge in [0.2, 0.25) is 0 Å². The van der Waals surface area contributed by atoms with E-state index in [-0.39, 0.29) is 0 Å². The predicted molar refractivity (Wildman–Crippen MR) is 128 cm³/mol. The van der Waals surface area contributed by atoms with E-state index in [0.717, 1.165) is 20.7 Å². The Hall–Kier alpha value is -3.17. The third-order valence-corrected chi connectivity index (χ3v) is 7.23. The number of methoxy groups -OCH3 is 2. The maximum atomic E-state index is 12.2. The van der Waals surface area contributed by atoms with Gasteiger partial charge in [-0.2, -0.15) is 0 Å². The van der Waals surface area contributed by atoms with Crippen molar-refractivity contribution in [1.82, 2.24) is 9.97 Å². The minimum Gasteiger partial charge on any atom is -0.493 e. The van der Waals surface area contributed by atoms with Crippen molar-refractivity contribution in [1.29, 1.82) is 0 Å². The molecule has 0 aliphatic carbocycles. The van der Waals surface area contributed by atoms with E-state index >= 15 is 0 Å². The monoisotopic (exact) mass is 469 g/mol. The minimum atomic E-state index is -3.32. The second-order valence-electron chi connectivity index (χ2n) is 7.23. The smallest absolute Gasteiger partial charge is 0.176 e. The Bertz CT molecular complexity index is 1400. The number of nitrogens with one attached hydrogen (secondary N) is 1. The molecule has 0 unspecified atom stereocenters. The zero-order valence-corrected chi connectivity index (χ0v) is 19.8. The highest BCUT2D eigenvalue weighted by Gasteiger charge is 2.16. The third-order valence-electron chi connectivity index (χ3n) is 4.96. The van der Waals surface area contributed by atoms with E-state index in [9.17, 15) is 8.42 Å². The molecule has 0 aliphatic heterocycles. The van der Waals surface area contributed by atoms with Crippen LogP contribution in [0.15, 0.2) is 53.4 Å². The molecule has 2 aromatic carbocycles. The number of fused-ring (bicyclic) bond motifs is 1. The molecule has 4 rings (SSSR count). The normalized spacial score (nSPS) is 11.5. The van der Waals surface area contributed by atoms with Gasteiger partial charge >= 0.3 is 0 Å². The lowest BCUT2D eigenvalue weighted by Gasteiger charge is -2.12. The SMILES string of the molecule is COc1cc2nc(C)nc(NCc3ccc(-c4ccccc4S(C)(=O)=O)s3)c2cc1OC. The van der Waals surface area contributed by atoms with Crippen LogP contribution in [0.3, 0.4) is 0 Å². The van der Waals surface area contributed by atoms with Crippen LogP contribution in [-0.2, 0) is 16.4 Å². The first kappa shape index (κ1) is 22.0. The van der Waals surface area contributed by atoms with Gasteiger partial charge in [0, 0.05) is 33.0 Å². The fraction of sp³-hybridized carbons (Fsp3) is 0.217. The van der Waals surface area contributed by atoms with Crippen molar-refractivity contribution in [2.75, 3.05) is 25.8 Å². The molecule has 0 bridgehead atoms. The summed E-state index contributed by atoms with van der Waals surface area (Å²) in [6.45, 7) is 2.37. The number of hydrogen-bond donors (Lipinski definition) is 1. The van der Waals surface area contributed by atoms with E-state index in [2.05, 4.69) is 15.3 Å². The van der Waals surface area contributed by atoms with E-state index in [4.69, 9.17) is 9.47 Å². The number of hydrogen-bond acceptors (Lipinski definition) is 8. The van der Waals surface area contributed by atoms with E-state index in [1.807, 2.05) is 43.3 Å². The lowest BCUT2D eigenvalue weighted by atomic mass is 10.2. The zero-order chi connectivity index (χ0) is 22.9. The lowest BCUT2D eigenvalue weighted by Crippen LogP contribution is -2.04. The van der Waals surface area contributed by atoms with Crippen LogP contribution in [0.5, 0.6) is 11.5 Å². The van der Waals surface area contributed by atoms with Crippen LogP contribution in [0, 0.1) is 6.92 Å². The van der Waals surface area contributed by atoms with Crippen LogP contribution in [-0.4, -0.2) is 38.9 Å². The summed E-state index contributed by atoms with van der Waals surface area (Å²) >= 11 is 1.54. The molecular weight excluding hydrogens is 446 g/mol. The Labute approximate surface area is 191 Å². The summed E-state index contributed by atoms with van der Waals surface area (Å²) in [4.78, 5) is 11.4. The average molecular weight is 470 g/mol. The number of rotatable bonds is 7. The molecule has 0 aliphatic rings. The van der Waals surface area contributed by atoms with Gasteiger partial charge in [-0.15, -0.1) is 11.3 Å². The molecule has 0 fully saturated rings. The summed E-state index contributed by atoms with van der Waals surface area (Å²) < 4.78 is 35.1. The summed E-state index contributed by atoms with van der Waals surface area (Å²) in [6.07, 6.45) is 1.23. The van der Waals surface area contributed by atoms with Gasteiger partial charge in [0.25, 0.3) is 0 Å². The first-order valence-corrected chi connectivity index (χ1v) is 12.5. The van der Waals surface area contributed by atoms with E-state index in [0.29, 0.717) is 40.1 Å². The molecule has 0 spiro atoms. The highest BCUT2D eigenvalue weighted by molar-refractivity contribution is 7.90. The summed E-state index contributed by atoms with van der Waals surface area (Å²) in [6, 6.07) is 14.7. The fourth-order valence-corrected chi connectivity index (χ4v) is 5.44. The van der Waals surface area contributed by atoms with E-state index < -0.39 is 9.84 Å². The number of anilines is 1. The van der Waals surface area contributed by atoms with Gasteiger partial charge < -0.3 is 14.8 Å². The predicted octanol–water partition coefficient (Wildman–Crippen LogP) is 4.70. The first-order chi connectivity index (χ1) is 15.3.